The van der Waals surface area contributed by atoms with Crippen molar-refractivity contribution >= 4 is 99.3 Å². The number of rotatable bonds is 1. The number of nitrogens with zero attached hydrogens (tertiary/aromatic N) is 2. The molecule has 5 heteroatoms. The molecule has 13 rings (SSSR count). The zero-order chi connectivity index (χ0) is 46.9. The number of anilines is 3. The standard InChI is InChI=1S/C62H65BN2OS/c1-57(2,3)34-19-22-47-38(27-34)40-28-35(58(4,5)6)29-41-39-32-49-51(37-17-15-16-18-48(37)66-49)55-52(39)63(65(47)53(40)41)56-54(42-31-45-46(33-50(42)67-56)62(13,14)26-25-61(45,11)12)64(55)36-20-21-43-44(30-36)60(9,10)24-23-59(43,7)8/h15-22,27-33H,23-26H2,1-14H3. The lowest BCUT2D eigenvalue weighted by atomic mass is 9.48. The quantitative estimate of drug-likeness (QED) is 0.153. The van der Waals surface area contributed by atoms with E-state index in [9.17, 15) is 0 Å². The van der Waals surface area contributed by atoms with Gasteiger partial charge in [0, 0.05) is 53.3 Å². The molecule has 0 fully saturated rings. The van der Waals surface area contributed by atoms with Crippen LogP contribution in [0, 0.1) is 0 Å². The van der Waals surface area contributed by atoms with E-state index < -0.39 is 0 Å². The second kappa shape index (κ2) is 12.9. The number of furan rings is 1. The fourth-order valence-electron chi connectivity index (χ4n) is 13.2. The molecular formula is C62H65BN2OS. The van der Waals surface area contributed by atoms with E-state index in [0.29, 0.717) is 0 Å². The van der Waals surface area contributed by atoms with E-state index in [0.717, 1.165) is 11.2 Å². The molecule has 2 aliphatic heterocycles. The Kier molecular flexibility index (Phi) is 8.05. The van der Waals surface area contributed by atoms with Gasteiger partial charge in [-0.15, -0.1) is 11.3 Å². The zero-order valence-corrected chi connectivity index (χ0v) is 43.1. The minimum absolute atomic E-state index is 0.0121. The van der Waals surface area contributed by atoms with Crippen LogP contribution < -0.4 is 15.1 Å². The molecule has 0 radical (unpaired) electrons. The lowest BCUT2D eigenvalue weighted by molar-refractivity contribution is 0.332. The van der Waals surface area contributed by atoms with Crippen molar-refractivity contribution < 1.29 is 4.42 Å². The van der Waals surface area contributed by atoms with Crippen LogP contribution in [0.2, 0.25) is 0 Å². The van der Waals surface area contributed by atoms with Crippen LogP contribution in [0.3, 0.4) is 0 Å². The lowest BCUT2D eigenvalue weighted by Gasteiger charge is -2.44. The summed E-state index contributed by atoms with van der Waals surface area (Å²) >= 11 is 2.05. The van der Waals surface area contributed by atoms with E-state index in [1.165, 1.54) is 140 Å². The largest absolute Gasteiger partial charge is 0.456 e. The van der Waals surface area contributed by atoms with E-state index in [-0.39, 0.29) is 39.3 Å². The van der Waals surface area contributed by atoms with Crippen molar-refractivity contribution in [2.24, 2.45) is 0 Å². The van der Waals surface area contributed by atoms with Gasteiger partial charge in [-0.1, -0.05) is 127 Å². The molecule has 5 heterocycles. The van der Waals surface area contributed by atoms with Crippen molar-refractivity contribution in [3.8, 4) is 11.1 Å². The van der Waals surface area contributed by atoms with E-state index in [4.69, 9.17) is 4.42 Å². The third kappa shape index (κ3) is 5.58. The summed E-state index contributed by atoms with van der Waals surface area (Å²) in [6, 6.07) is 36.5. The number of fused-ring (bicyclic) bond motifs is 15. The maximum Gasteiger partial charge on any atom is 0.343 e. The molecule has 338 valence electrons. The lowest BCUT2D eigenvalue weighted by Crippen LogP contribution is -2.55. The molecule has 0 saturated carbocycles. The summed E-state index contributed by atoms with van der Waals surface area (Å²) in [6.45, 7) is 33.9. The van der Waals surface area contributed by atoms with Gasteiger partial charge in [-0.05, 0) is 163 Å². The smallest absolute Gasteiger partial charge is 0.343 e. The highest BCUT2D eigenvalue weighted by atomic mass is 32.1. The number of hydrogen-bond acceptors (Lipinski definition) is 3. The molecule has 9 aromatic rings. The average Bonchev–Trinajstić information content (AvgIpc) is 3.94. The fourth-order valence-corrected chi connectivity index (χ4v) is 14.5. The zero-order valence-electron chi connectivity index (χ0n) is 42.3. The molecule has 3 nitrogen and oxygen atoms in total. The van der Waals surface area contributed by atoms with Gasteiger partial charge in [-0.2, -0.15) is 0 Å². The molecule has 2 aliphatic carbocycles. The van der Waals surface area contributed by atoms with Crippen molar-refractivity contribution in [2.75, 3.05) is 4.90 Å². The van der Waals surface area contributed by atoms with Crippen molar-refractivity contribution in [3.05, 3.63) is 124 Å². The van der Waals surface area contributed by atoms with Crippen LogP contribution in [0.4, 0.5) is 17.1 Å². The third-order valence-electron chi connectivity index (χ3n) is 17.6. The summed E-state index contributed by atoms with van der Waals surface area (Å²) in [4.78, 5) is 2.75. The minimum Gasteiger partial charge on any atom is -0.456 e. The first-order valence-electron chi connectivity index (χ1n) is 25.1. The van der Waals surface area contributed by atoms with Gasteiger partial charge < -0.3 is 13.8 Å². The highest BCUT2D eigenvalue weighted by Gasteiger charge is 2.48. The van der Waals surface area contributed by atoms with Gasteiger partial charge in [0.15, 0.2) is 0 Å². The normalized spacial score (nSPS) is 18.8. The Hall–Kier alpha value is -5.26. The highest BCUT2D eigenvalue weighted by Crippen LogP contribution is 2.56. The van der Waals surface area contributed by atoms with Crippen LogP contribution in [0.25, 0.3) is 65.0 Å². The molecule has 0 bridgehead atoms. The molecule has 0 unspecified atom stereocenters. The number of hydrogen-bond donors (Lipinski definition) is 0. The minimum atomic E-state index is -0.0593. The maximum absolute atomic E-state index is 7.10. The molecule has 3 aromatic heterocycles. The summed E-state index contributed by atoms with van der Waals surface area (Å²) < 4.78 is 12.7. The summed E-state index contributed by atoms with van der Waals surface area (Å²) in [6.07, 6.45) is 4.73. The van der Waals surface area contributed by atoms with Crippen LogP contribution in [-0.2, 0) is 32.5 Å². The van der Waals surface area contributed by atoms with Gasteiger partial charge in [0.2, 0.25) is 0 Å². The van der Waals surface area contributed by atoms with Crippen molar-refractivity contribution in [1.29, 1.82) is 0 Å². The van der Waals surface area contributed by atoms with E-state index >= 15 is 0 Å². The number of para-hydroxylation sites is 1. The van der Waals surface area contributed by atoms with Gasteiger partial charge >= 0.3 is 6.85 Å². The van der Waals surface area contributed by atoms with Crippen LogP contribution in [0.15, 0.2) is 95.4 Å². The Morgan fingerprint density at radius 3 is 1.85 bits per heavy atom. The molecule has 0 atom stereocenters. The molecule has 6 aromatic carbocycles. The molecule has 0 spiro atoms. The van der Waals surface area contributed by atoms with Gasteiger partial charge in [-0.25, -0.2) is 0 Å². The Morgan fingerprint density at radius 2 is 1.16 bits per heavy atom. The highest BCUT2D eigenvalue weighted by molar-refractivity contribution is 7.32. The van der Waals surface area contributed by atoms with Crippen molar-refractivity contribution in [1.82, 2.24) is 4.48 Å². The van der Waals surface area contributed by atoms with Gasteiger partial charge in [0.25, 0.3) is 0 Å². The Bertz CT molecular complexity index is 3680. The molecule has 0 amide bonds. The topological polar surface area (TPSA) is 21.3 Å². The molecule has 67 heavy (non-hydrogen) atoms. The van der Waals surface area contributed by atoms with Crippen LogP contribution in [-0.4, -0.2) is 11.3 Å². The number of aromatic nitrogens is 1. The van der Waals surface area contributed by atoms with E-state index in [2.05, 4.69) is 197 Å². The first-order valence-corrected chi connectivity index (χ1v) is 25.9. The Labute approximate surface area is 401 Å². The van der Waals surface area contributed by atoms with Crippen LogP contribution in [0.1, 0.15) is 156 Å². The monoisotopic (exact) mass is 896 g/mol. The summed E-state index contributed by atoms with van der Waals surface area (Å²) in [5.41, 5.74) is 21.4. The van der Waals surface area contributed by atoms with Crippen molar-refractivity contribution in [3.63, 3.8) is 0 Å². The SMILES string of the molecule is CC(C)(C)c1ccc2c(c1)c1cc(C(C)(C)C)cc3c1n2B1c2sc4cc5c(cc4c2N(c2ccc4c(c2)C(C)(C)CCC4(C)C)c2c1c-3cc1oc3ccccc3c21)C(C)(C)CCC5(C)C. The third-order valence-corrected chi connectivity index (χ3v) is 18.8. The van der Waals surface area contributed by atoms with Crippen LogP contribution in [0.5, 0.6) is 0 Å². The van der Waals surface area contributed by atoms with E-state index in [1.54, 1.807) is 0 Å². The van der Waals surface area contributed by atoms with E-state index in [1.807, 2.05) is 11.3 Å². The second-order valence-corrected chi connectivity index (χ2v) is 27.0. The van der Waals surface area contributed by atoms with Crippen LogP contribution >= 0.6 is 11.3 Å². The van der Waals surface area contributed by atoms with Gasteiger partial charge in [0.1, 0.15) is 11.2 Å². The summed E-state index contributed by atoms with van der Waals surface area (Å²) in [7, 11) is 0. The average molecular weight is 897 g/mol. The van der Waals surface area contributed by atoms with Gasteiger partial charge in [-0.3, -0.25) is 0 Å². The Morgan fingerprint density at radius 1 is 0.537 bits per heavy atom. The molecule has 0 N–H and O–H groups in total. The van der Waals surface area contributed by atoms with Crippen molar-refractivity contribution in [2.45, 2.75) is 155 Å². The fraction of sp³-hybridized carbons (Fsp3) is 0.387. The summed E-state index contributed by atoms with van der Waals surface area (Å²) in [5.74, 6) is 0. The summed E-state index contributed by atoms with van der Waals surface area (Å²) in [5, 5.41) is 6.45. The Balaban J connectivity index is 1.25. The predicted molar refractivity (Wildman–Crippen MR) is 291 cm³/mol. The predicted octanol–water partition coefficient (Wildman–Crippen LogP) is 16.6. The number of thiophene rings is 1. The molecule has 4 aliphatic rings. The molecule has 0 saturated heterocycles. The maximum atomic E-state index is 7.10. The first-order chi connectivity index (χ1) is 31.4. The van der Waals surface area contributed by atoms with Gasteiger partial charge in [0.05, 0.1) is 16.8 Å². The second-order valence-electron chi connectivity index (χ2n) is 25.9. The number of benzene rings is 6. The first kappa shape index (κ1) is 41.9. The molecular weight excluding hydrogens is 832 g/mol.